The van der Waals surface area contributed by atoms with Gasteiger partial charge in [-0.3, -0.25) is 9.36 Å². The van der Waals surface area contributed by atoms with Crippen LogP contribution in [0.25, 0.3) is 6.08 Å². The third-order valence-electron chi connectivity index (χ3n) is 3.92. The van der Waals surface area contributed by atoms with E-state index in [0.717, 1.165) is 42.3 Å². The third-order valence-corrected chi connectivity index (χ3v) is 4.71. The summed E-state index contributed by atoms with van der Waals surface area (Å²) in [6, 6.07) is 0. The maximum absolute atomic E-state index is 12.2. The zero-order valence-electron chi connectivity index (χ0n) is 13.7. The minimum atomic E-state index is -0.155. The lowest BCUT2D eigenvalue weighted by Gasteiger charge is -2.09. The maximum Gasteiger partial charge on any atom is 0.345 e. The van der Waals surface area contributed by atoms with E-state index in [1.807, 2.05) is 12.3 Å². The fraction of sp³-hybridized carbons (Fsp3) is 0.500. The Morgan fingerprint density at radius 3 is 3.08 bits per heavy atom. The molecule has 1 aliphatic rings. The summed E-state index contributed by atoms with van der Waals surface area (Å²) in [4.78, 5) is 28.2. The van der Waals surface area contributed by atoms with E-state index in [4.69, 9.17) is 0 Å². The fourth-order valence-corrected chi connectivity index (χ4v) is 3.29. The minimum absolute atomic E-state index is 0.0326. The Labute approximate surface area is 144 Å². The summed E-state index contributed by atoms with van der Waals surface area (Å²) in [5.41, 5.74) is 0.762. The van der Waals surface area contributed by atoms with Crippen molar-refractivity contribution in [2.24, 2.45) is 0 Å². The number of aryl methyl sites for hydroxylation is 3. The Kier molecular flexibility index (Phi) is 5.24. The van der Waals surface area contributed by atoms with Crippen LogP contribution in [0.4, 0.5) is 0 Å². The largest absolute Gasteiger partial charge is 0.352 e. The number of carbonyl (C=O) groups is 1. The van der Waals surface area contributed by atoms with E-state index >= 15 is 0 Å². The molecule has 0 atom stereocenters. The molecule has 24 heavy (non-hydrogen) atoms. The number of thiazole rings is 1. The van der Waals surface area contributed by atoms with Gasteiger partial charge in [0.2, 0.25) is 5.91 Å². The molecule has 1 aliphatic heterocycles. The first-order chi connectivity index (χ1) is 11.6. The van der Waals surface area contributed by atoms with Crippen LogP contribution in [0.2, 0.25) is 0 Å². The SMILES string of the molecule is Cc1nc(/C=C/C(=O)NCCCn2nc3n(c2=O)CCCC3)cs1. The van der Waals surface area contributed by atoms with E-state index in [2.05, 4.69) is 15.4 Å². The monoisotopic (exact) mass is 347 g/mol. The second-order valence-electron chi connectivity index (χ2n) is 5.80. The molecule has 8 heteroatoms. The lowest BCUT2D eigenvalue weighted by atomic mass is 10.2. The Balaban J connectivity index is 1.44. The van der Waals surface area contributed by atoms with Crippen molar-refractivity contribution in [3.05, 3.63) is 38.5 Å². The number of rotatable bonds is 6. The van der Waals surface area contributed by atoms with Gasteiger partial charge in [-0.1, -0.05) is 0 Å². The second-order valence-corrected chi connectivity index (χ2v) is 6.86. The van der Waals surface area contributed by atoms with Crippen LogP contribution >= 0.6 is 11.3 Å². The van der Waals surface area contributed by atoms with E-state index < -0.39 is 0 Å². The van der Waals surface area contributed by atoms with Crippen LogP contribution in [0.3, 0.4) is 0 Å². The molecule has 0 spiro atoms. The highest BCUT2D eigenvalue weighted by Crippen LogP contribution is 2.10. The van der Waals surface area contributed by atoms with Gasteiger partial charge < -0.3 is 5.32 Å². The van der Waals surface area contributed by atoms with Crippen LogP contribution in [0, 0.1) is 6.92 Å². The van der Waals surface area contributed by atoms with Crippen LogP contribution in [-0.4, -0.2) is 31.8 Å². The second kappa shape index (κ2) is 7.57. The highest BCUT2D eigenvalue weighted by Gasteiger charge is 2.16. The first kappa shape index (κ1) is 16.6. The number of carbonyl (C=O) groups excluding carboxylic acids is 1. The molecule has 0 aliphatic carbocycles. The van der Waals surface area contributed by atoms with Crippen molar-refractivity contribution in [3.8, 4) is 0 Å². The van der Waals surface area contributed by atoms with Crippen molar-refractivity contribution in [2.75, 3.05) is 6.54 Å². The van der Waals surface area contributed by atoms with Crippen molar-refractivity contribution in [1.29, 1.82) is 0 Å². The smallest absolute Gasteiger partial charge is 0.345 e. The molecule has 1 N–H and O–H groups in total. The number of aromatic nitrogens is 4. The molecule has 1 amide bonds. The zero-order chi connectivity index (χ0) is 16.9. The Morgan fingerprint density at radius 2 is 2.33 bits per heavy atom. The number of amides is 1. The van der Waals surface area contributed by atoms with Gasteiger partial charge in [-0.15, -0.1) is 11.3 Å². The standard InChI is InChI=1S/C16H21N5O2S/c1-12-18-13(11-24-12)6-7-15(22)17-8-4-10-21-16(23)20-9-3-2-5-14(20)19-21/h6-7,11H,2-5,8-10H2,1H3,(H,17,22)/b7-6+. The van der Waals surface area contributed by atoms with Gasteiger partial charge in [-0.2, -0.15) is 5.10 Å². The zero-order valence-corrected chi connectivity index (χ0v) is 14.5. The number of nitrogens with one attached hydrogen (secondary N) is 1. The van der Waals surface area contributed by atoms with Crippen molar-refractivity contribution in [2.45, 2.75) is 45.7 Å². The first-order valence-corrected chi connectivity index (χ1v) is 9.06. The van der Waals surface area contributed by atoms with Gasteiger partial charge >= 0.3 is 5.69 Å². The average Bonchev–Trinajstić information content (AvgIpc) is 3.14. The molecule has 3 heterocycles. The number of fused-ring (bicyclic) bond motifs is 1. The molecule has 0 unspecified atom stereocenters. The van der Waals surface area contributed by atoms with E-state index in [1.54, 1.807) is 22.0 Å². The van der Waals surface area contributed by atoms with Crippen molar-refractivity contribution in [1.82, 2.24) is 24.6 Å². The molecule has 2 aromatic rings. The molecular weight excluding hydrogens is 326 g/mol. The van der Waals surface area contributed by atoms with Crippen LogP contribution in [0.5, 0.6) is 0 Å². The third kappa shape index (κ3) is 4.00. The molecule has 7 nitrogen and oxygen atoms in total. The fourth-order valence-electron chi connectivity index (χ4n) is 2.71. The minimum Gasteiger partial charge on any atom is -0.352 e. The lowest BCUT2D eigenvalue weighted by molar-refractivity contribution is -0.116. The predicted molar refractivity (Wildman–Crippen MR) is 92.9 cm³/mol. The summed E-state index contributed by atoms with van der Waals surface area (Å²) < 4.78 is 3.28. The summed E-state index contributed by atoms with van der Waals surface area (Å²) in [6.45, 7) is 3.73. The van der Waals surface area contributed by atoms with Crippen LogP contribution in [-0.2, 0) is 24.3 Å². The number of hydrogen-bond acceptors (Lipinski definition) is 5. The Bertz CT molecular complexity index is 802. The number of hydrogen-bond donors (Lipinski definition) is 1. The Hall–Kier alpha value is -2.22. The van der Waals surface area contributed by atoms with Crippen molar-refractivity contribution >= 4 is 23.3 Å². The summed E-state index contributed by atoms with van der Waals surface area (Å²) >= 11 is 1.55. The highest BCUT2D eigenvalue weighted by molar-refractivity contribution is 7.09. The summed E-state index contributed by atoms with van der Waals surface area (Å²) in [6.07, 6.45) is 6.87. The van der Waals surface area contributed by atoms with Gasteiger partial charge in [0.25, 0.3) is 0 Å². The van der Waals surface area contributed by atoms with E-state index in [1.165, 1.54) is 10.8 Å². The topological polar surface area (TPSA) is 81.8 Å². The van der Waals surface area contributed by atoms with Gasteiger partial charge in [0, 0.05) is 37.5 Å². The molecule has 0 radical (unpaired) electrons. The molecule has 2 aromatic heterocycles. The molecule has 0 bridgehead atoms. The van der Waals surface area contributed by atoms with Crippen molar-refractivity contribution in [3.63, 3.8) is 0 Å². The summed E-state index contributed by atoms with van der Waals surface area (Å²) in [7, 11) is 0. The van der Waals surface area contributed by atoms with Crippen LogP contribution < -0.4 is 11.0 Å². The number of nitrogens with zero attached hydrogens (tertiary/aromatic N) is 4. The van der Waals surface area contributed by atoms with Gasteiger partial charge in [-0.25, -0.2) is 14.5 Å². The van der Waals surface area contributed by atoms with Gasteiger partial charge in [0.15, 0.2) is 0 Å². The first-order valence-electron chi connectivity index (χ1n) is 8.18. The predicted octanol–water partition coefficient (Wildman–Crippen LogP) is 1.37. The van der Waals surface area contributed by atoms with Gasteiger partial charge in [0.1, 0.15) is 5.82 Å². The summed E-state index contributed by atoms with van der Waals surface area (Å²) in [5.74, 6) is 0.730. The quantitative estimate of drug-likeness (QED) is 0.632. The van der Waals surface area contributed by atoms with E-state index in [9.17, 15) is 9.59 Å². The van der Waals surface area contributed by atoms with Crippen LogP contribution in [0.1, 0.15) is 35.8 Å². The Morgan fingerprint density at radius 1 is 1.46 bits per heavy atom. The van der Waals surface area contributed by atoms with E-state index in [0.29, 0.717) is 19.5 Å². The molecule has 0 fully saturated rings. The molecule has 3 rings (SSSR count). The average molecular weight is 347 g/mol. The van der Waals surface area contributed by atoms with Gasteiger partial charge in [0.05, 0.1) is 10.7 Å². The molecule has 128 valence electrons. The molecule has 0 saturated carbocycles. The summed E-state index contributed by atoms with van der Waals surface area (Å²) in [5, 5.41) is 10.1. The molecule has 0 saturated heterocycles. The van der Waals surface area contributed by atoms with Crippen LogP contribution in [0.15, 0.2) is 16.3 Å². The maximum atomic E-state index is 12.2. The molecular formula is C16H21N5O2S. The normalized spacial score (nSPS) is 14.0. The lowest BCUT2D eigenvalue weighted by Crippen LogP contribution is -2.28. The highest BCUT2D eigenvalue weighted by atomic mass is 32.1. The molecule has 0 aromatic carbocycles. The van der Waals surface area contributed by atoms with Gasteiger partial charge in [-0.05, 0) is 32.3 Å². The van der Waals surface area contributed by atoms with Crippen molar-refractivity contribution < 1.29 is 4.79 Å². The van der Waals surface area contributed by atoms with E-state index in [-0.39, 0.29) is 11.6 Å².